The molecule has 2 N–H and O–H groups in total. The Morgan fingerprint density at radius 2 is 1.68 bits per heavy atom. The van der Waals surface area contributed by atoms with Crippen LogP contribution >= 0.6 is 11.8 Å². The summed E-state index contributed by atoms with van der Waals surface area (Å²) in [6, 6.07) is 27.1. The fourth-order valence-electron chi connectivity index (χ4n) is 5.03. The van der Waals surface area contributed by atoms with E-state index in [9.17, 15) is 10.2 Å². The number of fused-ring (bicyclic) bond motifs is 3. The zero-order chi connectivity index (χ0) is 25.6. The van der Waals surface area contributed by atoms with E-state index in [0.717, 1.165) is 43.0 Å². The van der Waals surface area contributed by atoms with Gasteiger partial charge in [0.15, 0.2) is 0 Å². The average Bonchev–Trinajstić information content (AvgIpc) is 3.35. The highest BCUT2D eigenvalue weighted by Gasteiger charge is 2.31. The number of hydrogen-bond acceptors (Lipinski definition) is 5. The maximum atomic E-state index is 11.2. The number of rotatable bonds is 5. The van der Waals surface area contributed by atoms with E-state index in [4.69, 9.17) is 9.72 Å². The van der Waals surface area contributed by atoms with Crippen LogP contribution in [-0.2, 0) is 15.9 Å². The highest BCUT2D eigenvalue weighted by molar-refractivity contribution is 7.99. The fraction of sp³-hybridized carbons (Fsp3) is 0.258. The van der Waals surface area contributed by atoms with Gasteiger partial charge in [-0.3, -0.25) is 4.40 Å². The standard InChI is InChI=1S/C31H30N2O3S/c1-30(2,34)28-20-33-27-18-24(37-23-10-6-9-22(17-23)31(35)13-15-36-16-14-31)11-12-25(27)26(19-29(33)32-28)21-7-4-3-5-8-21/h3-12,17-20,34-35H,13-16H2,1-2H3. The van der Waals surface area contributed by atoms with Crippen LogP contribution in [0.25, 0.3) is 27.7 Å². The van der Waals surface area contributed by atoms with Gasteiger partial charge in [-0.2, -0.15) is 0 Å². The molecule has 0 radical (unpaired) electrons. The predicted molar refractivity (Wildman–Crippen MR) is 148 cm³/mol. The molecular weight excluding hydrogens is 480 g/mol. The van der Waals surface area contributed by atoms with Crippen molar-refractivity contribution in [3.8, 4) is 11.1 Å². The number of hydrogen-bond donors (Lipinski definition) is 2. The molecule has 0 unspecified atom stereocenters. The van der Waals surface area contributed by atoms with Gasteiger partial charge in [-0.05, 0) is 60.9 Å². The maximum absolute atomic E-state index is 11.2. The SMILES string of the molecule is CC(C)(O)c1cn2c(cc(-c3ccccc3)c3ccc(Sc4cccc(C5(O)CCOCC5)c4)cc32)n1. The predicted octanol–water partition coefficient (Wildman–Crippen LogP) is 6.53. The molecule has 6 heteroatoms. The van der Waals surface area contributed by atoms with E-state index in [1.165, 1.54) is 0 Å². The summed E-state index contributed by atoms with van der Waals surface area (Å²) < 4.78 is 7.53. The minimum atomic E-state index is -1.04. The molecule has 1 fully saturated rings. The Kier molecular flexibility index (Phi) is 6.08. The molecule has 0 atom stereocenters. The van der Waals surface area contributed by atoms with Crippen LogP contribution in [-0.4, -0.2) is 32.8 Å². The van der Waals surface area contributed by atoms with Crippen LogP contribution in [0.3, 0.4) is 0 Å². The highest BCUT2D eigenvalue weighted by Crippen LogP contribution is 2.38. The van der Waals surface area contributed by atoms with E-state index in [1.807, 2.05) is 36.5 Å². The normalized spacial score (nSPS) is 15.9. The first-order valence-corrected chi connectivity index (χ1v) is 13.4. The van der Waals surface area contributed by atoms with Gasteiger partial charge in [0.1, 0.15) is 11.2 Å². The summed E-state index contributed by atoms with van der Waals surface area (Å²) in [5, 5.41) is 22.9. The Labute approximate surface area is 220 Å². The Morgan fingerprint density at radius 3 is 2.43 bits per heavy atom. The summed E-state index contributed by atoms with van der Waals surface area (Å²) in [6.45, 7) is 4.68. The van der Waals surface area contributed by atoms with Crippen LogP contribution in [0.1, 0.15) is 37.9 Å². The minimum absolute atomic E-state index is 0.579. The van der Waals surface area contributed by atoms with Gasteiger partial charge in [0.2, 0.25) is 0 Å². The minimum Gasteiger partial charge on any atom is -0.385 e. The third-order valence-corrected chi connectivity index (χ3v) is 8.14. The third-order valence-electron chi connectivity index (χ3n) is 7.16. The van der Waals surface area contributed by atoms with E-state index in [-0.39, 0.29) is 0 Å². The number of benzene rings is 3. The average molecular weight is 511 g/mol. The van der Waals surface area contributed by atoms with E-state index in [0.29, 0.717) is 31.7 Å². The summed E-state index contributed by atoms with van der Waals surface area (Å²) in [4.78, 5) is 6.94. The first-order valence-electron chi connectivity index (χ1n) is 12.6. The lowest BCUT2D eigenvalue weighted by Crippen LogP contribution is -2.33. The van der Waals surface area contributed by atoms with E-state index >= 15 is 0 Å². The molecule has 188 valence electrons. The van der Waals surface area contributed by atoms with E-state index in [1.54, 1.807) is 25.6 Å². The van der Waals surface area contributed by atoms with Crippen LogP contribution in [0.15, 0.2) is 94.9 Å². The van der Waals surface area contributed by atoms with Crippen molar-refractivity contribution in [2.45, 2.75) is 47.7 Å². The molecule has 0 aliphatic carbocycles. The summed E-state index contributed by atoms with van der Waals surface area (Å²) in [5.41, 5.74) is 3.77. The van der Waals surface area contributed by atoms with Crippen molar-refractivity contribution in [3.05, 3.63) is 96.3 Å². The first kappa shape index (κ1) is 24.2. The van der Waals surface area contributed by atoms with Crippen LogP contribution in [0, 0.1) is 0 Å². The Morgan fingerprint density at radius 1 is 0.919 bits per heavy atom. The van der Waals surface area contributed by atoms with Gasteiger partial charge in [-0.15, -0.1) is 0 Å². The summed E-state index contributed by atoms with van der Waals surface area (Å²) in [7, 11) is 0. The molecule has 37 heavy (non-hydrogen) atoms. The van der Waals surface area contributed by atoms with E-state index in [2.05, 4.69) is 52.9 Å². The van der Waals surface area contributed by atoms with Gasteiger partial charge >= 0.3 is 0 Å². The van der Waals surface area contributed by atoms with Crippen molar-refractivity contribution in [1.82, 2.24) is 9.38 Å². The molecule has 2 aromatic heterocycles. The van der Waals surface area contributed by atoms with Gasteiger partial charge in [-0.25, -0.2) is 4.98 Å². The number of pyridine rings is 1. The van der Waals surface area contributed by atoms with Crippen LogP contribution in [0.2, 0.25) is 0 Å². The monoisotopic (exact) mass is 510 g/mol. The van der Waals surface area contributed by atoms with Crippen molar-refractivity contribution in [1.29, 1.82) is 0 Å². The van der Waals surface area contributed by atoms with Gasteiger partial charge in [0.25, 0.3) is 0 Å². The smallest absolute Gasteiger partial charge is 0.138 e. The molecule has 0 saturated carbocycles. The van der Waals surface area contributed by atoms with Crippen molar-refractivity contribution >= 4 is 28.3 Å². The molecule has 1 aliphatic heterocycles. The fourth-order valence-corrected chi connectivity index (χ4v) is 5.94. The largest absolute Gasteiger partial charge is 0.385 e. The first-order chi connectivity index (χ1) is 17.8. The van der Waals surface area contributed by atoms with Gasteiger partial charge in [0.05, 0.1) is 16.8 Å². The Balaban J connectivity index is 1.45. The summed E-state index contributed by atoms with van der Waals surface area (Å²) >= 11 is 1.68. The van der Waals surface area contributed by atoms with Crippen LogP contribution in [0.4, 0.5) is 0 Å². The maximum Gasteiger partial charge on any atom is 0.138 e. The Bertz CT molecular complexity index is 1580. The molecule has 0 spiro atoms. The molecule has 5 nitrogen and oxygen atoms in total. The number of nitrogens with zero attached hydrogens (tertiary/aromatic N) is 2. The molecule has 3 heterocycles. The number of ether oxygens (including phenoxy) is 1. The summed E-state index contributed by atoms with van der Waals surface area (Å²) in [5.74, 6) is 0. The second kappa shape index (κ2) is 9.30. The number of imidazole rings is 1. The quantitative estimate of drug-likeness (QED) is 0.281. The summed E-state index contributed by atoms with van der Waals surface area (Å²) in [6.07, 6.45) is 3.16. The molecule has 3 aromatic carbocycles. The second-order valence-electron chi connectivity index (χ2n) is 10.3. The van der Waals surface area contributed by atoms with Gasteiger partial charge in [-0.1, -0.05) is 60.3 Å². The van der Waals surface area contributed by atoms with Crippen molar-refractivity contribution in [3.63, 3.8) is 0 Å². The lowest BCUT2D eigenvalue weighted by atomic mass is 9.87. The van der Waals surface area contributed by atoms with Crippen LogP contribution in [0.5, 0.6) is 0 Å². The molecule has 5 aromatic rings. The second-order valence-corrected chi connectivity index (χ2v) is 11.4. The number of aromatic nitrogens is 2. The number of aliphatic hydroxyl groups is 2. The molecule has 1 aliphatic rings. The topological polar surface area (TPSA) is 67.0 Å². The molecule has 0 bridgehead atoms. The van der Waals surface area contributed by atoms with E-state index < -0.39 is 11.2 Å². The van der Waals surface area contributed by atoms with Gasteiger partial charge in [0, 0.05) is 47.4 Å². The zero-order valence-electron chi connectivity index (χ0n) is 21.0. The van der Waals surface area contributed by atoms with Crippen LogP contribution < -0.4 is 0 Å². The molecule has 0 amide bonds. The lowest BCUT2D eigenvalue weighted by molar-refractivity contribution is -0.0680. The van der Waals surface area contributed by atoms with Gasteiger partial charge < -0.3 is 14.9 Å². The lowest BCUT2D eigenvalue weighted by Gasteiger charge is -2.32. The third kappa shape index (κ3) is 4.66. The molecular formula is C31H30N2O3S. The highest BCUT2D eigenvalue weighted by atomic mass is 32.2. The molecule has 6 rings (SSSR count). The van der Waals surface area contributed by atoms with Crippen molar-refractivity contribution in [2.24, 2.45) is 0 Å². The zero-order valence-corrected chi connectivity index (χ0v) is 21.8. The van der Waals surface area contributed by atoms with Crippen molar-refractivity contribution < 1.29 is 14.9 Å². The van der Waals surface area contributed by atoms with Crippen molar-refractivity contribution in [2.75, 3.05) is 13.2 Å². The Hall–Kier alpha value is -3.16. The molecule has 1 saturated heterocycles.